The molecule has 3 aliphatic rings. The minimum atomic E-state index is 0.384. The minimum absolute atomic E-state index is 0.384. The largest absolute Gasteiger partial charge is 0.340 e. The topological polar surface area (TPSA) is 35.6 Å². The summed E-state index contributed by atoms with van der Waals surface area (Å²) in [6, 6.07) is 1.26. The molecule has 3 rings (SSSR count). The van der Waals surface area contributed by atoms with Crippen molar-refractivity contribution < 1.29 is 4.79 Å². The third-order valence-electron chi connectivity index (χ3n) is 4.81. The number of carbonyl (C=O) groups is 1. The third kappa shape index (κ3) is 2.69. The van der Waals surface area contributed by atoms with Crippen molar-refractivity contribution in [2.24, 2.45) is 0 Å². The first-order valence-corrected chi connectivity index (χ1v) is 7.58. The Labute approximate surface area is 110 Å². The van der Waals surface area contributed by atoms with Gasteiger partial charge in [-0.3, -0.25) is 9.69 Å². The van der Waals surface area contributed by atoms with E-state index >= 15 is 0 Å². The number of fused-ring (bicyclic) bond motifs is 1. The van der Waals surface area contributed by atoms with Gasteiger partial charge in [-0.15, -0.1) is 0 Å². The third-order valence-corrected chi connectivity index (χ3v) is 4.81. The van der Waals surface area contributed by atoms with Crippen molar-refractivity contribution in [2.45, 2.75) is 50.6 Å². The average Bonchev–Trinajstić information content (AvgIpc) is 3.05. The molecular formula is C14H25N3O. The van der Waals surface area contributed by atoms with Crippen molar-refractivity contribution in [2.75, 3.05) is 32.7 Å². The highest BCUT2D eigenvalue weighted by molar-refractivity contribution is 5.76. The predicted octanol–water partition coefficient (Wildman–Crippen LogP) is 0.825. The van der Waals surface area contributed by atoms with Crippen LogP contribution in [0.15, 0.2) is 0 Å². The Morgan fingerprint density at radius 3 is 2.94 bits per heavy atom. The number of nitrogens with one attached hydrogen (secondary N) is 1. The van der Waals surface area contributed by atoms with Gasteiger partial charge in [-0.1, -0.05) is 0 Å². The lowest BCUT2D eigenvalue weighted by Crippen LogP contribution is -2.52. The Balaban J connectivity index is 1.44. The molecule has 0 aromatic rings. The molecule has 2 atom stereocenters. The van der Waals surface area contributed by atoms with Crippen LogP contribution in [0.2, 0.25) is 0 Å². The van der Waals surface area contributed by atoms with Gasteiger partial charge in [0, 0.05) is 38.1 Å². The lowest BCUT2D eigenvalue weighted by Gasteiger charge is -2.37. The van der Waals surface area contributed by atoms with Gasteiger partial charge in [-0.25, -0.2) is 0 Å². The van der Waals surface area contributed by atoms with Gasteiger partial charge >= 0.3 is 0 Å². The molecule has 0 radical (unpaired) electrons. The van der Waals surface area contributed by atoms with E-state index in [1.165, 1.54) is 32.2 Å². The van der Waals surface area contributed by atoms with Gasteiger partial charge in [0.1, 0.15) is 0 Å². The van der Waals surface area contributed by atoms with Crippen molar-refractivity contribution in [3.63, 3.8) is 0 Å². The summed E-state index contributed by atoms with van der Waals surface area (Å²) in [5.41, 5.74) is 0. The van der Waals surface area contributed by atoms with Crippen molar-refractivity contribution >= 4 is 5.91 Å². The smallest absolute Gasteiger partial charge is 0.222 e. The van der Waals surface area contributed by atoms with Crippen LogP contribution in [0, 0.1) is 0 Å². The molecule has 3 aliphatic heterocycles. The van der Waals surface area contributed by atoms with Gasteiger partial charge < -0.3 is 10.2 Å². The van der Waals surface area contributed by atoms with Gasteiger partial charge in [-0.2, -0.15) is 0 Å². The Morgan fingerprint density at radius 2 is 2.11 bits per heavy atom. The van der Waals surface area contributed by atoms with Crippen LogP contribution in [0.1, 0.15) is 38.5 Å². The zero-order valence-electron chi connectivity index (χ0n) is 11.2. The lowest BCUT2D eigenvalue weighted by atomic mass is 10.1. The first-order valence-electron chi connectivity index (χ1n) is 7.58. The van der Waals surface area contributed by atoms with Crippen LogP contribution >= 0.6 is 0 Å². The van der Waals surface area contributed by atoms with Crippen molar-refractivity contribution in [1.82, 2.24) is 15.1 Å². The lowest BCUT2D eigenvalue weighted by molar-refractivity contribution is -0.134. The molecule has 4 nitrogen and oxygen atoms in total. The molecule has 1 amide bonds. The second-order valence-corrected chi connectivity index (χ2v) is 6.00. The number of rotatable bonds is 3. The Hall–Kier alpha value is -0.610. The van der Waals surface area contributed by atoms with E-state index in [0.29, 0.717) is 18.0 Å². The van der Waals surface area contributed by atoms with E-state index in [0.717, 1.165) is 39.0 Å². The highest BCUT2D eigenvalue weighted by Gasteiger charge is 2.32. The van der Waals surface area contributed by atoms with Crippen molar-refractivity contribution in [3.8, 4) is 0 Å². The fraction of sp³-hybridized carbons (Fsp3) is 0.929. The number of nitrogens with zero attached hydrogens (tertiary/aromatic N) is 2. The highest BCUT2D eigenvalue weighted by Crippen LogP contribution is 2.22. The maximum atomic E-state index is 12.2. The predicted molar refractivity (Wildman–Crippen MR) is 71.4 cm³/mol. The zero-order valence-corrected chi connectivity index (χ0v) is 11.2. The monoisotopic (exact) mass is 251 g/mol. The van der Waals surface area contributed by atoms with Gasteiger partial charge in [0.25, 0.3) is 0 Å². The quantitative estimate of drug-likeness (QED) is 0.807. The standard InChI is InChI=1S/C14H25N3O/c18-14(6-5-12-3-1-7-15-12)17-10-9-16-8-2-4-13(16)11-17/h12-13,15H,1-11H2. The summed E-state index contributed by atoms with van der Waals surface area (Å²) in [7, 11) is 0. The zero-order chi connectivity index (χ0) is 12.4. The average molecular weight is 251 g/mol. The second kappa shape index (κ2) is 5.57. The molecule has 3 heterocycles. The Morgan fingerprint density at radius 1 is 1.17 bits per heavy atom. The SMILES string of the molecule is O=C(CCC1CCCN1)N1CCN2CCCC2C1. The summed E-state index contributed by atoms with van der Waals surface area (Å²) < 4.78 is 0. The fourth-order valence-corrected chi connectivity index (χ4v) is 3.68. The molecule has 3 fully saturated rings. The molecule has 0 saturated carbocycles. The van der Waals surface area contributed by atoms with Gasteiger partial charge in [0.05, 0.1) is 0 Å². The van der Waals surface area contributed by atoms with Crippen LogP contribution in [-0.4, -0.2) is 60.5 Å². The van der Waals surface area contributed by atoms with Crippen molar-refractivity contribution in [3.05, 3.63) is 0 Å². The molecule has 0 spiro atoms. The number of piperazine rings is 1. The summed E-state index contributed by atoms with van der Waals surface area (Å²) in [5.74, 6) is 0.384. The minimum Gasteiger partial charge on any atom is -0.340 e. The molecule has 102 valence electrons. The summed E-state index contributed by atoms with van der Waals surface area (Å²) in [6.07, 6.45) is 6.91. The molecule has 2 unspecified atom stereocenters. The molecule has 3 saturated heterocycles. The van der Waals surface area contributed by atoms with E-state index in [-0.39, 0.29) is 0 Å². The highest BCUT2D eigenvalue weighted by atomic mass is 16.2. The van der Waals surface area contributed by atoms with E-state index in [9.17, 15) is 4.79 Å². The second-order valence-electron chi connectivity index (χ2n) is 6.00. The molecule has 0 aromatic heterocycles. The van der Waals surface area contributed by atoms with E-state index in [4.69, 9.17) is 0 Å². The molecule has 18 heavy (non-hydrogen) atoms. The van der Waals surface area contributed by atoms with Crippen LogP contribution in [0.4, 0.5) is 0 Å². The number of hydrogen-bond acceptors (Lipinski definition) is 3. The van der Waals surface area contributed by atoms with Gasteiger partial charge in [0.2, 0.25) is 5.91 Å². The van der Waals surface area contributed by atoms with Gasteiger partial charge in [0.15, 0.2) is 0 Å². The fourth-order valence-electron chi connectivity index (χ4n) is 3.68. The maximum Gasteiger partial charge on any atom is 0.222 e. The first-order chi connectivity index (χ1) is 8.83. The number of amides is 1. The van der Waals surface area contributed by atoms with E-state index < -0.39 is 0 Å². The summed E-state index contributed by atoms with van der Waals surface area (Å²) >= 11 is 0. The summed E-state index contributed by atoms with van der Waals surface area (Å²) in [6.45, 7) is 5.42. The van der Waals surface area contributed by atoms with E-state index in [1.807, 2.05) is 0 Å². The molecular weight excluding hydrogens is 226 g/mol. The van der Waals surface area contributed by atoms with Crippen LogP contribution in [-0.2, 0) is 4.79 Å². The maximum absolute atomic E-state index is 12.2. The first kappa shape index (κ1) is 12.4. The van der Waals surface area contributed by atoms with Crippen LogP contribution in [0.5, 0.6) is 0 Å². The van der Waals surface area contributed by atoms with E-state index in [2.05, 4.69) is 15.1 Å². The van der Waals surface area contributed by atoms with Crippen LogP contribution in [0.25, 0.3) is 0 Å². The Bertz CT molecular complexity index is 301. The number of hydrogen-bond donors (Lipinski definition) is 1. The molecule has 1 N–H and O–H groups in total. The molecule has 0 aliphatic carbocycles. The van der Waals surface area contributed by atoms with Crippen LogP contribution in [0.3, 0.4) is 0 Å². The summed E-state index contributed by atoms with van der Waals surface area (Å²) in [4.78, 5) is 16.9. The number of carbonyl (C=O) groups excluding carboxylic acids is 1. The summed E-state index contributed by atoms with van der Waals surface area (Å²) in [5, 5.41) is 3.47. The Kier molecular flexibility index (Phi) is 3.85. The van der Waals surface area contributed by atoms with E-state index in [1.54, 1.807) is 0 Å². The normalized spacial score (nSPS) is 32.8. The van der Waals surface area contributed by atoms with Gasteiger partial charge in [-0.05, 0) is 45.2 Å². The molecule has 0 bridgehead atoms. The van der Waals surface area contributed by atoms with Crippen LogP contribution < -0.4 is 5.32 Å². The van der Waals surface area contributed by atoms with Crippen molar-refractivity contribution in [1.29, 1.82) is 0 Å². The molecule has 4 heteroatoms. The molecule has 0 aromatic carbocycles.